The Bertz CT molecular complexity index is 689. The number of benzene rings is 1. The molecule has 1 aromatic carbocycles. The summed E-state index contributed by atoms with van der Waals surface area (Å²) in [6, 6.07) is 4.41. The van der Waals surface area contributed by atoms with Crippen molar-refractivity contribution in [3.05, 3.63) is 39.4 Å². The molecule has 3 rings (SSSR count). The number of thiocarbonyl (C=S) groups is 2. The van der Waals surface area contributed by atoms with Crippen LogP contribution in [0.25, 0.3) is 0 Å². The zero-order valence-electron chi connectivity index (χ0n) is 10.9. The Balaban J connectivity index is 1.94. The third-order valence-corrected chi connectivity index (χ3v) is 4.51. The standard InChI is InChI=1S/C13H11N3O3S2/c17-12-10(4-5-11(20)14-12)15-6-8-7(13(15)21)2-1-3-9(8)16(18)19/h1-3,10H,4-6H2,(H,14,17,20). The van der Waals surface area contributed by atoms with Crippen LogP contribution in [0.1, 0.15) is 24.0 Å². The summed E-state index contributed by atoms with van der Waals surface area (Å²) in [6.45, 7) is 0.288. The van der Waals surface area contributed by atoms with Crippen molar-refractivity contribution in [1.29, 1.82) is 0 Å². The van der Waals surface area contributed by atoms with Crippen LogP contribution in [0.5, 0.6) is 0 Å². The molecule has 21 heavy (non-hydrogen) atoms. The molecule has 2 aliphatic rings. The highest BCUT2D eigenvalue weighted by atomic mass is 32.1. The van der Waals surface area contributed by atoms with Crippen molar-refractivity contribution in [2.75, 3.05) is 0 Å². The highest BCUT2D eigenvalue weighted by molar-refractivity contribution is 7.80. The summed E-state index contributed by atoms with van der Waals surface area (Å²) in [4.78, 5) is 25.5. The van der Waals surface area contributed by atoms with Crippen molar-refractivity contribution in [2.24, 2.45) is 0 Å². The average Bonchev–Trinajstić information content (AvgIpc) is 2.76. The van der Waals surface area contributed by atoms with Crippen molar-refractivity contribution >= 4 is 46.0 Å². The van der Waals surface area contributed by atoms with Crippen LogP contribution in [0.2, 0.25) is 0 Å². The minimum absolute atomic E-state index is 0.0455. The number of carbonyl (C=O) groups excluding carboxylic acids is 1. The van der Waals surface area contributed by atoms with Crippen molar-refractivity contribution in [3.8, 4) is 0 Å². The minimum atomic E-state index is -0.420. The van der Waals surface area contributed by atoms with Gasteiger partial charge in [0.1, 0.15) is 11.0 Å². The van der Waals surface area contributed by atoms with E-state index >= 15 is 0 Å². The summed E-state index contributed by atoms with van der Waals surface area (Å²) < 4.78 is 0. The number of hydrogen-bond acceptors (Lipinski definition) is 5. The molecule has 6 nitrogen and oxygen atoms in total. The molecular weight excluding hydrogens is 310 g/mol. The third kappa shape index (κ3) is 2.30. The number of nitro groups is 1. The molecule has 1 unspecified atom stereocenters. The van der Waals surface area contributed by atoms with Crippen LogP contribution >= 0.6 is 24.4 Å². The van der Waals surface area contributed by atoms with Gasteiger partial charge in [-0.1, -0.05) is 36.6 Å². The Hall–Kier alpha value is -1.93. The first-order valence-electron chi connectivity index (χ1n) is 6.40. The molecule has 1 atom stereocenters. The summed E-state index contributed by atoms with van der Waals surface area (Å²) in [5, 5.41) is 13.8. The first kappa shape index (κ1) is 14.0. The zero-order valence-corrected chi connectivity index (χ0v) is 12.5. The molecule has 1 amide bonds. The second-order valence-corrected chi connectivity index (χ2v) is 5.84. The van der Waals surface area contributed by atoms with E-state index < -0.39 is 11.0 Å². The maximum absolute atomic E-state index is 12.1. The van der Waals surface area contributed by atoms with E-state index in [0.717, 1.165) is 0 Å². The molecule has 1 fully saturated rings. The lowest BCUT2D eigenvalue weighted by molar-refractivity contribution is -0.385. The second kappa shape index (κ2) is 5.12. The van der Waals surface area contributed by atoms with Gasteiger partial charge < -0.3 is 10.2 Å². The molecule has 0 aromatic heterocycles. The fourth-order valence-corrected chi connectivity index (χ4v) is 3.34. The molecule has 1 N–H and O–H groups in total. The molecule has 0 radical (unpaired) electrons. The van der Waals surface area contributed by atoms with Gasteiger partial charge in [-0.3, -0.25) is 14.9 Å². The smallest absolute Gasteiger partial charge is 0.275 e. The lowest BCUT2D eigenvalue weighted by Crippen LogP contribution is -2.51. The number of fused-ring (bicyclic) bond motifs is 1. The van der Waals surface area contributed by atoms with E-state index in [1.807, 2.05) is 0 Å². The van der Waals surface area contributed by atoms with E-state index in [2.05, 4.69) is 5.32 Å². The van der Waals surface area contributed by atoms with Crippen molar-refractivity contribution in [2.45, 2.75) is 25.4 Å². The van der Waals surface area contributed by atoms with Gasteiger partial charge in [0, 0.05) is 18.1 Å². The van der Waals surface area contributed by atoms with E-state index in [0.29, 0.717) is 33.9 Å². The molecule has 8 heteroatoms. The van der Waals surface area contributed by atoms with E-state index in [-0.39, 0.29) is 18.1 Å². The predicted octanol–water partition coefficient (Wildman–Crippen LogP) is 1.69. The van der Waals surface area contributed by atoms with E-state index in [9.17, 15) is 14.9 Å². The average molecular weight is 321 g/mol. The maximum Gasteiger partial charge on any atom is 0.275 e. The van der Waals surface area contributed by atoms with Crippen LogP contribution in [-0.2, 0) is 11.3 Å². The van der Waals surface area contributed by atoms with Crippen LogP contribution in [0.4, 0.5) is 5.69 Å². The third-order valence-electron chi connectivity index (χ3n) is 3.75. The monoisotopic (exact) mass is 321 g/mol. The van der Waals surface area contributed by atoms with Gasteiger partial charge in [-0.05, 0) is 6.42 Å². The maximum atomic E-state index is 12.1. The first-order valence-corrected chi connectivity index (χ1v) is 7.21. The fourth-order valence-electron chi connectivity index (χ4n) is 2.74. The van der Waals surface area contributed by atoms with Crippen LogP contribution in [0, 0.1) is 10.1 Å². The predicted molar refractivity (Wildman–Crippen MR) is 84.1 cm³/mol. The number of hydrogen-bond donors (Lipinski definition) is 1. The van der Waals surface area contributed by atoms with Gasteiger partial charge in [0.25, 0.3) is 5.69 Å². The van der Waals surface area contributed by atoms with Gasteiger partial charge in [-0.2, -0.15) is 0 Å². The van der Waals surface area contributed by atoms with Crippen LogP contribution in [0.15, 0.2) is 18.2 Å². The van der Waals surface area contributed by atoms with Crippen molar-refractivity contribution in [3.63, 3.8) is 0 Å². The number of carbonyl (C=O) groups is 1. The number of rotatable bonds is 2. The topological polar surface area (TPSA) is 75.5 Å². The first-order chi connectivity index (χ1) is 9.99. The lowest BCUT2D eigenvalue weighted by atomic mass is 10.1. The lowest BCUT2D eigenvalue weighted by Gasteiger charge is -2.31. The van der Waals surface area contributed by atoms with Crippen LogP contribution in [0.3, 0.4) is 0 Å². The quantitative estimate of drug-likeness (QED) is 0.507. The SMILES string of the molecule is O=C1NC(=S)CCC1N1Cc2c(cccc2[N+](=O)[O-])C1=S. The molecule has 108 valence electrons. The Morgan fingerprint density at radius 3 is 2.81 bits per heavy atom. The van der Waals surface area contributed by atoms with E-state index in [4.69, 9.17) is 24.4 Å². The Labute approximate surface area is 131 Å². The molecule has 0 spiro atoms. The van der Waals surface area contributed by atoms with Crippen LogP contribution < -0.4 is 5.32 Å². The molecule has 0 aliphatic carbocycles. The van der Waals surface area contributed by atoms with Gasteiger partial charge in [-0.25, -0.2) is 0 Å². The summed E-state index contributed by atoms with van der Waals surface area (Å²) in [7, 11) is 0. The summed E-state index contributed by atoms with van der Waals surface area (Å²) in [5.74, 6) is -0.191. The number of amides is 1. The molecule has 2 aliphatic heterocycles. The number of piperidine rings is 1. The zero-order chi connectivity index (χ0) is 15.1. The summed E-state index contributed by atoms with van der Waals surface area (Å²) in [6.07, 6.45) is 1.19. The van der Waals surface area contributed by atoms with Gasteiger partial charge >= 0.3 is 0 Å². The summed E-state index contributed by atoms with van der Waals surface area (Å²) in [5.41, 5.74) is 1.29. The summed E-state index contributed by atoms with van der Waals surface area (Å²) >= 11 is 10.4. The molecular formula is C13H11N3O3S2. The Morgan fingerprint density at radius 2 is 2.14 bits per heavy atom. The second-order valence-electron chi connectivity index (χ2n) is 4.96. The molecule has 0 bridgehead atoms. The Kier molecular flexibility index (Phi) is 3.42. The van der Waals surface area contributed by atoms with Crippen LogP contribution in [-0.4, -0.2) is 31.7 Å². The van der Waals surface area contributed by atoms with Crippen molar-refractivity contribution in [1.82, 2.24) is 10.2 Å². The van der Waals surface area contributed by atoms with Gasteiger partial charge in [-0.15, -0.1) is 0 Å². The minimum Gasteiger partial charge on any atom is -0.346 e. The largest absolute Gasteiger partial charge is 0.346 e. The molecule has 1 saturated heterocycles. The molecule has 1 aromatic rings. The number of nitro benzene ring substituents is 1. The van der Waals surface area contributed by atoms with Gasteiger partial charge in [0.2, 0.25) is 5.91 Å². The Morgan fingerprint density at radius 1 is 1.38 bits per heavy atom. The van der Waals surface area contributed by atoms with E-state index in [1.165, 1.54) is 6.07 Å². The van der Waals surface area contributed by atoms with Crippen molar-refractivity contribution < 1.29 is 9.72 Å². The molecule has 0 saturated carbocycles. The highest BCUT2D eigenvalue weighted by Crippen LogP contribution is 2.33. The van der Waals surface area contributed by atoms with Gasteiger partial charge in [0.15, 0.2) is 0 Å². The number of nitrogens with zero attached hydrogens (tertiary/aromatic N) is 2. The number of nitrogens with one attached hydrogen (secondary N) is 1. The highest BCUT2D eigenvalue weighted by Gasteiger charge is 2.38. The van der Waals surface area contributed by atoms with E-state index in [1.54, 1.807) is 17.0 Å². The molecule has 2 heterocycles. The normalized spacial score (nSPS) is 21.2. The van der Waals surface area contributed by atoms with Gasteiger partial charge in [0.05, 0.1) is 22.0 Å². The fraction of sp³-hybridized carbons (Fsp3) is 0.308.